The predicted molar refractivity (Wildman–Crippen MR) is 87.4 cm³/mol. The predicted octanol–water partition coefficient (Wildman–Crippen LogP) is 4.05. The first-order chi connectivity index (χ1) is 10.7. The molecule has 1 aliphatic rings. The lowest BCUT2D eigenvalue weighted by Gasteiger charge is -2.19. The van der Waals surface area contributed by atoms with Crippen molar-refractivity contribution in [3.63, 3.8) is 0 Å². The van der Waals surface area contributed by atoms with Gasteiger partial charge in [-0.25, -0.2) is 0 Å². The molecule has 1 unspecified atom stereocenters. The summed E-state index contributed by atoms with van der Waals surface area (Å²) in [5.41, 5.74) is 4.07. The molecule has 0 bridgehead atoms. The highest BCUT2D eigenvalue weighted by Crippen LogP contribution is 2.24. The van der Waals surface area contributed by atoms with Crippen molar-refractivity contribution in [3.05, 3.63) is 65.1 Å². The Balaban J connectivity index is 1.64. The zero-order valence-corrected chi connectivity index (χ0v) is 12.8. The van der Waals surface area contributed by atoms with Crippen LogP contribution in [0, 0.1) is 0 Å². The first-order valence-corrected chi connectivity index (χ1v) is 7.86. The maximum absolute atomic E-state index is 12.0. The highest BCUT2D eigenvalue weighted by molar-refractivity contribution is 5.91. The summed E-state index contributed by atoms with van der Waals surface area (Å²) in [7, 11) is 0. The average molecular weight is 295 g/mol. The molecule has 1 heterocycles. The van der Waals surface area contributed by atoms with Gasteiger partial charge < -0.3 is 9.73 Å². The normalized spacial score (nSPS) is 15.5. The second kappa shape index (κ2) is 6.65. The third-order valence-corrected chi connectivity index (χ3v) is 4.17. The van der Waals surface area contributed by atoms with E-state index in [1.807, 2.05) is 13.0 Å². The highest BCUT2D eigenvalue weighted by atomic mass is 16.3. The molecule has 0 fully saturated rings. The molecule has 3 heteroatoms. The Morgan fingerprint density at radius 1 is 1.23 bits per heavy atom. The monoisotopic (exact) mass is 295 g/mol. The van der Waals surface area contributed by atoms with E-state index in [-0.39, 0.29) is 11.9 Å². The molecule has 1 aromatic heterocycles. The van der Waals surface area contributed by atoms with Crippen molar-refractivity contribution in [2.75, 3.05) is 0 Å². The number of fused-ring (bicyclic) bond motifs is 1. The summed E-state index contributed by atoms with van der Waals surface area (Å²) in [6, 6.07) is 10.2. The Kier molecular flexibility index (Phi) is 4.42. The first kappa shape index (κ1) is 14.6. The summed E-state index contributed by atoms with van der Waals surface area (Å²) in [6.45, 7) is 2.02. The van der Waals surface area contributed by atoms with E-state index in [1.165, 1.54) is 42.0 Å². The summed E-state index contributed by atoms with van der Waals surface area (Å²) >= 11 is 0. The molecule has 3 nitrogen and oxygen atoms in total. The number of nitrogens with one attached hydrogen (secondary N) is 1. The van der Waals surface area contributed by atoms with E-state index in [2.05, 4.69) is 23.5 Å². The van der Waals surface area contributed by atoms with Gasteiger partial charge in [0.25, 0.3) is 0 Å². The average Bonchev–Trinajstić information content (AvgIpc) is 3.06. The summed E-state index contributed by atoms with van der Waals surface area (Å²) in [6.07, 6.45) is 9.67. The van der Waals surface area contributed by atoms with Crippen molar-refractivity contribution >= 4 is 12.0 Å². The Morgan fingerprint density at radius 2 is 2.05 bits per heavy atom. The first-order valence-electron chi connectivity index (χ1n) is 7.86. The largest absolute Gasteiger partial charge is 0.465 e. The SMILES string of the molecule is CC(NC(=O)/C=C/c1ccco1)c1ccc2c(c1)CCCC2. The number of hydrogen-bond acceptors (Lipinski definition) is 2. The summed E-state index contributed by atoms with van der Waals surface area (Å²) in [4.78, 5) is 12.0. The number of carbonyl (C=O) groups is 1. The van der Waals surface area contributed by atoms with Gasteiger partial charge >= 0.3 is 0 Å². The van der Waals surface area contributed by atoms with Crippen molar-refractivity contribution in [2.45, 2.75) is 38.6 Å². The van der Waals surface area contributed by atoms with Crippen LogP contribution in [-0.2, 0) is 17.6 Å². The fourth-order valence-electron chi connectivity index (χ4n) is 2.91. The number of amides is 1. The van der Waals surface area contributed by atoms with E-state index in [0.29, 0.717) is 5.76 Å². The van der Waals surface area contributed by atoms with E-state index >= 15 is 0 Å². The maximum atomic E-state index is 12.0. The molecule has 0 saturated carbocycles. The van der Waals surface area contributed by atoms with Crippen molar-refractivity contribution in [1.29, 1.82) is 0 Å². The van der Waals surface area contributed by atoms with Crippen LogP contribution in [0.3, 0.4) is 0 Å². The molecule has 1 atom stereocenters. The lowest BCUT2D eigenvalue weighted by Crippen LogP contribution is -2.24. The summed E-state index contributed by atoms with van der Waals surface area (Å²) in [5.74, 6) is 0.568. The standard InChI is InChI=1S/C19H21NO2/c1-14(20-19(21)11-10-18-7-4-12-22-18)16-9-8-15-5-2-3-6-17(15)13-16/h4,7-14H,2-3,5-6H2,1H3,(H,20,21)/b11-10+. The van der Waals surface area contributed by atoms with Crippen LogP contribution in [0.4, 0.5) is 0 Å². The minimum atomic E-state index is -0.110. The second-order valence-electron chi connectivity index (χ2n) is 5.81. The van der Waals surface area contributed by atoms with Gasteiger partial charge in [-0.1, -0.05) is 18.2 Å². The summed E-state index contributed by atoms with van der Waals surface area (Å²) < 4.78 is 5.17. The molecule has 1 aliphatic carbocycles. The minimum absolute atomic E-state index is 0.000905. The van der Waals surface area contributed by atoms with Gasteiger partial charge in [-0.15, -0.1) is 0 Å². The fourth-order valence-corrected chi connectivity index (χ4v) is 2.91. The van der Waals surface area contributed by atoms with E-state index in [9.17, 15) is 4.79 Å². The number of aryl methyl sites for hydroxylation is 2. The number of benzene rings is 1. The summed E-state index contributed by atoms with van der Waals surface area (Å²) in [5, 5.41) is 3.00. The topological polar surface area (TPSA) is 42.2 Å². The molecule has 1 N–H and O–H groups in total. The van der Waals surface area contributed by atoms with Gasteiger partial charge in [-0.3, -0.25) is 4.79 Å². The van der Waals surface area contributed by atoms with Crippen LogP contribution in [0.5, 0.6) is 0 Å². The van der Waals surface area contributed by atoms with Gasteiger partial charge in [0.05, 0.1) is 12.3 Å². The number of hydrogen-bond donors (Lipinski definition) is 1. The molecule has 0 radical (unpaired) electrons. The van der Waals surface area contributed by atoms with Gasteiger partial charge in [0, 0.05) is 6.08 Å². The van der Waals surface area contributed by atoms with Crippen LogP contribution >= 0.6 is 0 Å². The number of furan rings is 1. The van der Waals surface area contributed by atoms with E-state index in [0.717, 1.165) is 6.42 Å². The number of rotatable bonds is 4. The minimum Gasteiger partial charge on any atom is -0.465 e. The quantitative estimate of drug-likeness (QED) is 0.865. The molecule has 22 heavy (non-hydrogen) atoms. The van der Waals surface area contributed by atoms with Crippen LogP contribution in [0.1, 0.15) is 48.3 Å². The van der Waals surface area contributed by atoms with Gasteiger partial charge in [0.15, 0.2) is 0 Å². The van der Waals surface area contributed by atoms with Crippen LogP contribution in [-0.4, -0.2) is 5.91 Å². The fraction of sp³-hybridized carbons (Fsp3) is 0.316. The zero-order chi connectivity index (χ0) is 15.4. The Bertz CT molecular complexity index is 671. The molecule has 0 aliphatic heterocycles. The van der Waals surface area contributed by atoms with E-state index in [4.69, 9.17) is 4.42 Å². The van der Waals surface area contributed by atoms with Crippen LogP contribution < -0.4 is 5.32 Å². The molecular formula is C19H21NO2. The molecular weight excluding hydrogens is 274 g/mol. The Labute approximate surface area is 131 Å². The molecule has 0 saturated heterocycles. The second-order valence-corrected chi connectivity index (χ2v) is 5.81. The van der Waals surface area contributed by atoms with Crippen molar-refractivity contribution in [1.82, 2.24) is 5.32 Å². The molecule has 3 rings (SSSR count). The van der Waals surface area contributed by atoms with Crippen molar-refractivity contribution in [2.24, 2.45) is 0 Å². The zero-order valence-electron chi connectivity index (χ0n) is 12.8. The molecule has 0 spiro atoms. The van der Waals surface area contributed by atoms with Gasteiger partial charge in [0.2, 0.25) is 5.91 Å². The van der Waals surface area contributed by atoms with Gasteiger partial charge in [-0.05, 0) is 67.5 Å². The van der Waals surface area contributed by atoms with E-state index < -0.39 is 0 Å². The van der Waals surface area contributed by atoms with Crippen molar-refractivity contribution in [3.8, 4) is 0 Å². The Morgan fingerprint density at radius 3 is 2.82 bits per heavy atom. The molecule has 2 aromatic rings. The highest BCUT2D eigenvalue weighted by Gasteiger charge is 2.13. The number of carbonyl (C=O) groups excluding carboxylic acids is 1. The lowest BCUT2D eigenvalue weighted by molar-refractivity contribution is -0.117. The van der Waals surface area contributed by atoms with Gasteiger partial charge in [-0.2, -0.15) is 0 Å². The van der Waals surface area contributed by atoms with Crippen LogP contribution in [0.25, 0.3) is 6.08 Å². The smallest absolute Gasteiger partial charge is 0.244 e. The maximum Gasteiger partial charge on any atom is 0.244 e. The van der Waals surface area contributed by atoms with Crippen LogP contribution in [0.2, 0.25) is 0 Å². The lowest BCUT2D eigenvalue weighted by atomic mass is 9.89. The third-order valence-electron chi connectivity index (χ3n) is 4.17. The molecule has 1 aromatic carbocycles. The Hall–Kier alpha value is -2.29. The van der Waals surface area contributed by atoms with Crippen LogP contribution in [0.15, 0.2) is 47.1 Å². The molecule has 1 amide bonds. The third kappa shape index (κ3) is 3.48. The van der Waals surface area contributed by atoms with Gasteiger partial charge in [0.1, 0.15) is 5.76 Å². The van der Waals surface area contributed by atoms with E-state index in [1.54, 1.807) is 18.4 Å². The molecule has 114 valence electrons. The van der Waals surface area contributed by atoms with Crippen molar-refractivity contribution < 1.29 is 9.21 Å².